The van der Waals surface area contributed by atoms with Crippen molar-refractivity contribution in [2.45, 2.75) is 19.4 Å². The largest absolute Gasteiger partial charge is 0.458 e. The van der Waals surface area contributed by atoms with Gasteiger partial charge in [-0.2, -0.15) is 0 Å². The van der Waals surface area contributed by atoms with Crippen LogP contribution in [0.4, 0.5) is 4.39 Å². The normalized spacial score (nSPS) is 12.8. The minimum Gasteiger partial charge on any atom is -0.458 e. The lowest BCUT2D eigenvalue weighted by atomic mass is 10.0. The summed E-state index contributed by atoms with van der Waals surface area (Å²) in [7, 11) is 0. The van der Waals surface area contributed by atoms with Crippen LogP contribution in [0.1, 0.15) is 23.0 Å². The maximum absolute atomic E-state index is 13.3. The van der Waals surface area contributed by atoms with Gasteiger partial charge in [-0.1, -0.05) is 29.8 Å². The molecular formula is C17H14ClFO2. The minimum atomic E-state index is -0.819. The van der Waals surface area contributed by atoms with Crippen molar-refractivity contribution in [1.82, 2.24) is 0 Å². The number of aliphatic hydroxyl groups is 1. The Morgan fingerprint density at radius 3 is 2.76 bits per heavy atom. The molecule has 1 aromatic heterocycles. The zero-order valence-corrected chi connectivity index (χ0v) is 12.2. The van der Waals surface area contributed by atoms with Crippen LogP contribution in [0.2, 0.25) is 5.02 Å². The van der Waals surface area contributed by atoms with Gasteiger partial charge in [-0.25, -0.2) is 4.39 Å². The molecular weight excluding hydrogens is 291 g/mol. The summed E-state index contributed by atoms with van der Waals surface area (Å²) in [6.07, 6.45) is -0.469. The standard InChI is InChI=1S/C17H14ClFO2/c1-10-13-9-12(19)6-7-16(13)21-17(10)15(20)8-11-4-2-3-5-14(11)18/h2-7,9,15,20H,8H2,1H3. The molecule has 0 fully saturated rings. The van der Waals surface area contributed by atoms with Gasteiger partial charge in [-0.15, -0.1) is 0 Å². The Hall–Kier alpha value is -1.84. The van der Waals surface area contributed by atoms with Gasteiger partial charge in [0.05, 0.1) is 0 Å². The van der Waals surface area contributed by atoms with Gasteiger partial charge in [0.2, 0.25) is 0 Å². The quantitative estimate of drug-likeness (QED) is 0.753. The fraction of sp³-hybridized carbons (Fsp3) is 0.176. The summed E-state index contributed by atoms with van der Waals surface area (Å²) in [6, 6.07) is 11.7. The Morgan fingerprint density at radius 1 is 1.24 bits per heavy atom. The molecule has 0 aliphatic heterocycles. The zero-order chi connectivity index (χ0) is 15.0. The molecule has 2 nitrogen and oxygen atoms in total. The van der Waals surface area contributed by atoms with Crippen molar-refractivity contribution in [2.24, 2.45) is 0 Å². The van der Waals surface area contributed by atoms with E-state index < -0.39 is 6.10 Å². The van der Waals surface area contributed by atoms with E-state index in [1.807, 2.05) is 25.1 Å². The summed E-state index contributed by atoms with van der Waals surface area (Å²) in [6.45, 7) is 1.82. The summed E-state index contributed by atoms with van der Waals surface area (Å²) in [4.78, 5) is 0. The Labute approximate surface area is 126 Å². The SMILES string of the molecule is Cc1c(C(O)Cc2ccccc2Cl)oc2ccc(F)cc12. The van der Waals surface area contributed by atoms with Crippen LogP contribution in [0.25, 0.3) is 11.0 Å². The molecule has 0 aliphatic rings. The van der Waals surface area contributed by atoms with Crippen molar-refractivity contribution in [2.75, 3.05) is 0 Å². The topological polar surface area (TPSA) is 33.4 Å². The van der Waals surface area contributed by atoms with Crippen LogP contribution in [0.5, 0.6) is 0 Å². The molecule has 1 atom stereocenters. The highest BCUT2D eigenvalue weighted by Crippen LogP contribution is 2.32. The summed E-state index contributed by atoms with van der Waals surface area (Å²) in [5, 5.41) is 11.7. The highest BCUT2D eigenvalue weighted by Gasteiger charge is 2.19. The molecule has 0 spiro atoms. The van der Waals surface area contributed by atoms with Crippen molar-refractivity contribution in [3.63, 3.8) is 0 Å². The van der Waals surface area contributed by atoms with Gasteiger partial charge in [-0.3, -0.25) is 0 Å². The maximum atomic E-state index is 13.3. The first-order chi connectivity index (χ1) is 10.1. The lowest BCUT2D eigenvalue weighted by Gasteiger charge is -2.10. The fourth-order valence-electron chi connectivity index (χ4n) is 2.49. The van der Waals surface area contributed by atoms with Crippen LogP contribution < -0.4 is 0 Å². The third-order valence-corrected chi connectivity index (χ3v) is 3.98. The van der Waals surface area contributed by atoms with E-state index in [0.29, 0.717) is 28.2 Å². The molecule has 0 amide bonds. The van der Waals surface area contributed by atoms with Gasteiger partial charge in [0.1, 0.15) is 23.3 Å². The Kier molecular flexibility index (Phi) is 3.70. The minimum absolute atomic E-state index is 0.321. The molecule has 108 valence electrons. The first-order valence-corrected chi connectivity index (χ1v) is 7.04. The molecule has 1 N–H and O–H groups in total. The van der Waals surface area contributed by atoms with Crippen LogP contribution in [0, 0.1) is 12.7 Å². The predicted octanol–water partition coefficient (Wildman–Crippen LogP) is 4.81. The number of benzene rings is 2. The molecule has 0 bridgehead atoms. The van der Waals surface area contributed by atoms with Crippen molar-refractivity contribution in [3.05, 3.63) is 70.2 Å². The van der Waals surface area contributed by atoms with Crippen molar-refractivity contribution in [1.29, 1.82) is 0 Å². The highest BCUT2D eigenvalue weighted by atomic mass is 35.5. The Bertz CT molecular complexity index is 795. The summed E-state index contributed by atoms with van der Waals surface area (Å²) >= 11 is 6.10. The second kappa shape index (κ2) is 5.51. The Balaban J connectivity index is 1.96. The lowest BCUT2D eigenvalue weighted by Crippen LogP contribution is -2.02. The highest BCUT2D eigenvalue weighted by molar-refractivity contribution is 6.31. The number of aliphatic hydroxyl groups excluding tert-OH is 1. The van der Waals surface area contributed by atoms with E-state index >= 15 is 0 Å². The van der Waals surface area contributed by atoms with E-state index in [9.17, 15) is 9.50 Å². The van der Waals surface area contributed by atoms with Crippen LogP contribution in [-0.4, -0.2) is 5.11 Å². The van der Waals surface area contributed by atoms with Gasteiger partial charge >= 0.3 is 0 Å². The van der Waals surface area contributed by atoms with Crippen molar-refractivity contribution >= 4 is 22.6 Å². The third-order valence-electron chi connectivity index (χ3n) is 3.61. The summed E-state index contributed by atoms with van der Waals surface area (Å²) in [5.74, 6) is 0.133. The van der Waals surface area contributed by atoms with E-state index in [2.05, 4.69) is 0 Å². The smallest absolute Gasteiger partial charge is 0.137 e. The molecule has 1 unspecified atom stereocenters. The predicted molar refractivity (Wildman–Crippen MR) is 81.0 cm³/mol. The van der Waals surface area contributed by atoms with Crippen LogP contribution >= 0.6 is 11.6 Å². The average Bonchev–Trinajstić information content (AvgIpc) is 2.79. The molecule has 4 heteroatoms. The number of rotatable bonds is 3. The molecule has 0 aliphatic carbocycles. The molecule has 0 saturated carbocycles. The van der Waals surface area contributed by atoms with E-state index in [0.717, 1.165) is 11.1 Å². The zero-order valence-electron chi connectivity index (χ0n) is 11.4. The van der Waals surface area contributed by atoms with Gasteiger partial charge in [0.25, 0.3) is 0 Å². The van der Waals surface area contributed by atoms with Crippen LogP contribution in [-0.2, 0) is 6.42 Å². The van der Waals surface area contributed by atoms with Crippen LogP contribution in [0.15, 0.2) is 46.9 Å². The maximum Gasteiger partial charge on any atom is 0.137 e. The molecule has 0 saturated heterocycles. The number of fused-ring (bicyclic) bond motifs is 1. The second-order valence-corrected chi connectivity index (χ2v) is 5.45. The molecule has 2 aromatic carbocycles. The molecule has 1 heterocycles. The number of hydrogen-bond donors (Lipinski definition) is 1. The number of aryl methyl sites for hydroxylation is 1. The lowest BCUT2D eigenvalue weighted by molar-refractivity contribution is 0.151. The number of halogens is 2. The van der Waals surface area contributed by atoms with Gasteiger partial charge in [-0.05, 0) is 36.8 Å². The van der Waals surface area contributed by atoms with E-state index in [-0.39, 0.29) is 5.82 Å². The monoisotopic (exact) mass is 304 g/mol. The van der Waals surface area contributed by atoms with E-state index in [1.165, 1.54) is 12.1 Å². The molecule has 3 rings (SSSR count). The van der Waals surface area contributed by atoms with Crippen LogP contribution in [0.3, 0.4) is 0 Å². The van der Waals surface area contributed by atoms with Gasteiger partial charge in [0, 0.05) is 22.4 Å². The first-order valence-electron chi connectivity index (χ1n) is 6.66. The number of hydrogen-bond acceptors (Lipinski definition) is 2. The Morgan fingerprint density at radius 2 is 2.00 bits per heavy atom. The first kappa shape index (κ1) is 14.1. The molecule has 21 heavy (non-hydrogen) atoms. The van der Waals surface area contributed by atoms with Gasteiger partial charge in [0.15, 0.2) is 0 Å². The second-order valence-electron chi connectivity index (χ2n) is 5.04. The summed E-state index contributed by atoms with van der Waals surface area (Å²) in [5.41, 5.74) is 2.17. The average molecular weight is 305 g/mol. The summed E-state index contributed by atoms with van der Waals surface area (Å²) < 4.78 is 19.0. The molecule has 3 aromatic rings. The molecule has 0 radical (unpaired) electrons. The number of furan rings is 1. The third kappa shape index (κ3) is 2.67. The van der Waals surface area contributed by atoms with Crippen molar-refractivity contribution < 1.29 is 13.9 Å². The fourth-order valence-corrected chi connectivity index (χ4v) is 2.71. The van der Waals surface area contributed by atoms with E-state index in [4.69, 9.17) is 16.0 Å². The van der Waals surface area contributed by atoms with E-state index in [1.54, 1.807) is 12.1 Å². The van der Waals surface area contributed by atoms with Gasteiger partial charge < -0.3 is 9.52 Å². The van der Waals surface area contributed by atoms with Crippen molar-refractivity contribution in [3.8, 4) is 0 Å².